The van der Waals surface area contributed by atoms with Gasteiger partial charge in [-0.2, -0.15) is 5.26 Å². The molecule has 0 radical (unpaired) electrons. The summed E-state index contributed by atoms with van der Waals surface area (Å²) in [5, 5.41) is 14.2. The van der Waals surface area contributed by atoms with Gasteiger partial charge >= 0.3 is 0 Å². The van der Waals surface area contributed by atoms with Gasteiger partial charge in [0.2, 0.25) is 10.0 Å². The van der Waals surface area contributed by atoms with E-state index in [-0.39, 0.29) is 27.6 Å². The lowest BCUT2D eigenvalue weighted by Crippen LogP contribution is -2.47. The van der Waals surface area contributed by atoms with Gasteiger partial charge in [-0.3, -0.25) is 19.4 Å². The first-order valence-corrected chi connectivity index (χ1v) is 12.2. The lowest BCUT2D eigenvalue weighted by Gasteiger charge is -2.35. The Morgan fingerprint density at radius 3 is 2.39 bits per heavy atom. The molecule has 1 aromatic carbocycles. The third-order valence-electron chi connectivity index (χ3n) is 5.76. The predicted molar refractivity (Wildman–Crippen MR) is 120 cm³/mol. The number of benzene rings is 1. The van der Waals surface area contributed by atoms with Gasteiger partial charge in [0, 0.05) is 38.9 Å². The Kier molecular flexibility index (Phi) is 6.36. The Morgan fingerprint density at radius 2 is 1.76 bits per heavy atom. The highest BCUT2D eigenvalue weighted by atomic mass is 35.5. The van der Waals surface area contributed by atoms with Crippen LogP contribution in [0.1, 0.15) is 32.7 Å². The smallest absolute Gasteiger partial charge is 0.261 e. The fourth-order valence-electron chi connectivity index (χ4n) is 4.08. The van der Waals surface area contributed by atoms with E-state index < -0.39 is 21.8 Å². The van der Waals surface area contributed by atoms with E-state index in [0.29, 0.717) is 37.4 Å². The van der Waals surface area contributed by atoms with Crippen molar-refractivity contribution in [2.24, 2.45) is 5.14 Å². The van der Waals surface area contributed by atoms with Crippen LogP contribution >= 0.6 is 11.6 Å². The van der Waals surface area contributed by atoms with E-state index in [1.165, 1.54) is 6.07 Å². The van der Waals surface area contributed by atoms with Gasteiger partial charge in [-0.15, -0.1) is 0 Å². The number of carbonyl (C=O) groups excluding carboxylic acids is 2. The number of rotatable bonds is 6. The number of hydrogen-bond donors (Lipinski definition) is 1. The molecule has 0 atom stereocenters. The number of nitrogens with zero attached hydrogens (tertiary/aromatic N) is 5. The summed E-state index contributed by atoms with van der Waals surface area (Å²) in [6.45, 7) is 3.83. The number of pyridine rings is 1. The number of fused-ring (bicyclic) bond motifs is 1. The van der Waals surface area contributed by atoms with E-state index >= 15 is 0 Å². The number of hydrogen-bond acceptors (Lipinski definition) is 8. The highest BCUT2D eigenvalue weighted by Crippen LogP contribution is 2.31. The Hall–Kier alpha value is -3.04. The minimum absolute atomic E-state index is 0.00861. The van der Waals surface area contributed by atoms with Crippen LogP contribution < -0.4 is 10.0 Å². The second kappa shape index (κ2) is 9.07. The highest BCUT2D eigenvalue weighted by molar-refractivity contribution is 7.89. The Morgan fingerprint density at radius 1 is 1.09 bits per heavy atom. The molecular weight excluding hydrogens is 468 g/mol. The first kappa shape index (κ1) is 23.1. The zero-order valence-electron chi connectivity index (χ0n) is 17.6. The molecule has 2 aliphatic heterocycles. The third-order valence-corrected chi connectivity index (χ3v) is 7.14. The van der Waals surface area contributed by atoms with Gasteiger partial charge in [0.15, 0.2) is 0 Å². The quantitative estimate of drug-likeness (QED) is 0.595. The molecule has 2 aromatic rings. The topological polar surface area (TPSA) is 141 Å². The van der Waals surface area contributed by atoms with Crippen molar-refractivity contribution in [1.29, 1.82) is 5.26 Å². The Labute approximate surface area is 196 Å². The number of aromatic nitrogens is 1. The average molecular weight is 489 g/mol. The SMILES string of the molecule is N#Cc1cccnc1N1CCN(CCCN2C(=O)c3cc(Cl)c(S(N)(=O)=O)cc3C2=O)CC1. The van der Waals surface area contributed by atoms with Crippen molar-refractivity contribution in [3.05, 3.63) is 52.2 Å². The van der Waals surface area contributed by atoms with Crippen LogP contribution in [0.15, 0.2) is 35.4 Å². The molecule has 4 rings (SSSR count). The van der Waals surface area contributed by atoms with E-state index in [2.05, 4.69) is 20.9 Å². The van der Waals surface area contributed by atoms with E-state index in [1.54, 1.807) is 18.3 Å². The number of piperazine rings is 1. The van der Waals surface area contributed by atoms with Gasteiger partial charge in [-0.25, -0.2) is 18.5 Å². The van der Waals surface area contributed by atoms with E-state index in [0.717, 1.165) is 24.1 Å². The van der Waals surface area contributed by atoms with Crippen molar-refractivity contribution in [3.63, 3.8) is 0 Å². The van der Waals surface area contributed by atoms with Crippen LogP contribution in [0.5, 0.6) is 0 Å². The molecule has 0 saturated carbocycles. The van der Waals surface area contributed by atoms with Crippen LogP contribution in [-0.2, 0) is 10.0 Å². The molecule has 1 aromatic heterocycles. The lowest BCUT2D eigenvalue weighted by molar-refractivity contribution is 0.0647. The number of imide groups is 1. The van der Waals surface area contributed by atoms with Crippen LogP contribution in [0.3, 0.4) is 0 Å². The van der Waals surface area contributed by atoms with Crippen molar-refractivity contribution in [2.45, 2.75) is 11.3 Å². The lowest BCUT2D eigenvalue weighted by atomic mass is 10.1. The molecule has 0 spiro atoms. The molecule has 0 aliphatic carbocycles. The maximum Gasteiger partial charge on any atom is 0.261 e. The van der Waals surface area contributed by atoms with E-state index in [9.17, 15) is 23.3 Å². The van der Waals surface area contributed by atoms with Gasteiger partial charge in [-0.1, -0.05) is 11.6 Å². The fourth-order valence-corrected chi connectivity index (χ4v) is 5.18. The molecular formula is C21H21ClN6O4S. The van der Waals surface area contributed by atoms with Crippen LogP contribution in [0, 0.1) is 11.3 Å². The maximum atomic E-state index is 12.7. The summed E-state index contributed by atoms with van der Waals surface area (Å²) in [5.41, 5.74) is 0.614. The van der Waals surface area contributed by atoms with Crippen LogP contribution in [0.25, 0.3) is 0 Å². The average Bonchev–Trinajstić information content (AvgIpc) is 3.02. The number of nitrogens with two attached hydrogens (primary N) is 1. The Balaban J connectivity index is 1.34. The number of amides is 2. The normalized spacial score (nSPS) is 16.8. The van der Waals surface area contributed by atoms with Gasteiger partial charge in [0.1, 0.15) is 16.8 Å². The summed E-state index contributed by atoms with van der Waals surface area (Å²) < 4.78 is 23.3. The van der Waals surface area contributed by atoms with Crippen LogP contribution in [-0.4, -0.2) is 74.3 Å². The number of carbonyl (C=O) groups is 2. The summed E-state index contributed by atoms with van der Waals surface area (Å²) in [4.78, 5) is 34.7. The van der Waals surface area contributed by atoms with Crippen molar-refractivity contribution in [1.82, 2.24) is 14.8 Å². The first-order valence-electron chi connectivity index (χ1n) is 10.3. The van der Waals surface area contributed by atoms with Crippen molar-refractivity contribution < 1.29 is 18.0 Å². The zero-order chi connectivity index (χ0) is 23.8. The highest BCUT2D eigenvalue weighted by Gasteiger charge is 2.37. The number of halogens is 1. The second-order valence-electron chi connectivity index (χ2n) is 7.80. The molecule has 0 bridgehead atoms. The summed E-state index contributed by atoms with van der Waals surface area (Å²) >= 11 is 5.96. The summed E-state index contributed by atoms with van der Waals surface area (Å²) in [5.74, 6) is -0.370. The van der Waals surface area contributed by atoms with Crippen molar-refractivity contribution >= 4 is 39.3 Å². The van der Waals surface area contributed by atoms with E-state index in [4.69, 9.17) is 16.7 Å². The summed E-state index contributed by atoms with van der Waals surface area (Å²) in [7, 11) is -4.12. The maximum absolute atomic E-state index is 12.7. The number of sulfonamides is 1. The minimum atomic E-state index is -4.12. The van der Waals surface area contributed by atoms with Crippen LogP contribution in [0.2, 0.25) is 5.02 Å². The van der Waals surface area contributed by atoms with Gasteiger partial charge < -0.3 is 4.90 Å². The molecule has 0 unspecified atom stereocenters. The fraction of sp³-hybridized carbons (Fsp3) is 0.333. The number of nitriles is 1. The standard InChI is InChI=1S/C21H21ClN6O4S/c22-17-11-15-16(12-18(17)33(24,31)32)21(30)28(20(15)29)6-2-5-26-7-9-27(10-8-26)19-14(13-23)3-1-4-25-19/h1,3-4,11-12H,2,5-10H2,(H2,24,31,32). The number of anilines is 1. The predicted octanol–water partition coefficient (Wildman–Crippen LogP) is 1.06. The van der Waals surface area contributed by atoms with E-state index in [1.807, 2.05) is 0 Å². The molecule has 33 heavy (non-hydrogen) atoms. The van der Waals surface area contributed by atoms with Crippen molar-refractivity contribution in [2.75, 3.05) is 44.2 Å². The molecule has 2 amide bonds. The molecule has 2 N–H and O–H groups in total. The molecule has 172 valence electrons. The first-order chi connectivity index (χ1) is 15.7. The summed E-state index contributed by atoms with van der Waals surface area (Å²) in [6.07, 6.45) is 2.23. The number of primary sulfonamides is 1. The van der Waals surface area contributed by atoms with Gasteiger partial charge in [0.05, 0.1) is 21.7 Å². The molecule has 3 heterocycles. The monoisotopic (exact) mass is 488 g/mol. The van der Waals surface area contributed by atoms with Gasteiger partial charge in [0.25, 0.3) is 11.8 Å². The second-order valence-corrected chi connectivity index (χ2v) is 9.74. The summed E-state index contributed by atoms with van der Waals surface area (Å²) in [6, 6.07) is 7.90. The molecule has 1 fully saturated rings. The largest absolute Gasteiger partial charge is 0.353 e. The third kappa shape index (κ3) is 4.56. The molecule has 10 nitrogen and oxygen atoms in total. The van der Waals surface area contributed by atoms with Crippen molar-refractivity contribution in [3.8, 4) is 6.07 Å². The molecule has 12 heteroatoms. The van der Waals surface area contributed by atoms with Crippen LogP contribution in [0.4, 0.5) is 5.82 Å². The van der Waals surface area contributed by atoms with Gasteiger partial charge in [-0.05, 0) is 37.2 Å². The minimum Gasteiger partial charge on any atom is -0.353 e. The molecule has 1 saturated heterocycles. The molecule has 2 aliphatic rings. The Bertz CT molecular complexity index is 1270. The zero-order valence-corrected chi connectivity index (χ0v) is 19.1.